The van der Waals surface area contributed by atoms with Crippen LogP contribution in [-0.2, 0) is 0 Å². The van der Waals surface area contributed by atoms with Gasteiger partial charge in [0.15, 0.2) is 5.78 Å². The number of nitrogens with zero attached hydrogens (tertiary/aromatic N) is 2. The van der Waals surface area contributed by atoms with Crippen LogP contribution in [0.2, 0.25) is 5.02 Å². The van der Waals surface area contributed by atoms with Crippen molar-refractivity contribution in [2.45, 2.75) is 13.8 Å². The topological polar surface area (TPSA) is 76.1 Å². The summed E-state index contributed by atoms with van der Waals surface area (Å²) in [6, 6.07) is 12.6. The number of ether oxygens (including phenoxy) is 1. The number of aryl methyl sites for hydroxylation is 1. The number of hydrogen-bond donors (Lipinski definition) is 2. The molecule has 0 unspecified atom stereocenters. The molecule has 1 heterocycles. The fourth-order valence-corrected chi connectivity index (χ4v) is 2.66. The molecule has 3 rings (SSSR count). The summed E-state index contributed by atoms with van der Waals surface area (Å²) in [5.41, 5.74) is 3.03. The van der Waals surface area contributed by atoms with Gasteiger partial charge < -0.3 is 15.4 Å². The molecule has 0 atom stereocenters. The second-order valence-corrected chi connectivity index (χ2v) is 6.36. The van der Waals surface area contributed by atoms with E-state index in [0.29, 0.717) is 28.1 Å². The minimum Gasteiger partial charge on any atom is -0.495 e. The monoisotopic (exact) mass is 382 g/mol. The molecule has 0 bridgehead atoms. The minimum atomic E-state index is 0.000175. The summed E-state index contributed by atoms with van der Waals surface area (Å²) in [5.74, 6) is 1.62. The van der Waals surface area contributed by atoms with E-state index in [1.807, 2.05) is 25.1 Å². The van der Waals surface area contributed by atoms with Gasteiger partial charge in [-0.15, -0.1) is 0 Å². The van der Waals surface area contributed by atoms with Crippen molar-refractivity contribution < 1.29 is 9.53 Å². The molecule has 2 N–H and O–H groups in total. The zero-order valence-corrected chi connectivity index (χ0v) is 16.0. The van der Waals surface area contributed by atoms with Crippen LogP contribution in [0, 0.1) is 6.92 Å². The van der Waals surface area contributed by atoms with E-state index in [2.05, 4.69) is 20.6 Å². The number of methoxy groups -OCH3 is 1. The summed E-state index contributed by atoms with van der Waals surface area (Å²) in [6.07, 6.45) is 1.64. The number of anilines is 4. The SMILES string of the molecule is COc1cc(Cl)c(C)cc1Nc1ccnc(Nc2cccc(C(C)=O)c2)n1. The van der Waals surface area contributed by atoms with Crippen LogP contribution >= 0.6 is 11.6 Å². The molecule has 0 aliphatic rings. The molecular weight excluding hydrogens is 364 g/mol. The first-order valence-electron chi connectivity index (χ1n) is 8.28. The normalized spacial score (nSPS) is 10.4. The molecule has 2 aromatic carbocycles. The smallest absolute Gasteiger partial charge is 0.229 e. The van der Waals surface area contributed by atoms with Crippen LogP contribution in [0.3, 0.4) is 0 Å². The number of benzene rings is 2. The first-order valence-corrected chi connectivity index (χ1v) is 8.66. The van der Waals surface area contributed by atoms with E-state index >= 15 is 0 Å². The Balaban J connectivity index is 1.83. The molecular formula is C20H19ClN4O2. The Bertz CT molecular complexity index is 991. The molecule has 3 aromatic rings. The maximum absolute atomic E-state index is 11.5. The third kappa shape index (κ3) is 4.54. The molecule has 0 amide bonds. The van der Waals surface area contributed by atoms with E-state index in [1.165, 1.54) is 6.92 Å². The van der Waals surface area contributed by atoms with E-state index in [4.69, 9.17) is 16.3 Å². The van der Waals surface area contributed by atoms with E-state index in [9.17, 15) is 4.79 Å². The van der Waals surface area contributed by atoms with Crippen LogP contribution < -0.4 is 15.4 Å². The molecule has 0 saturated heterocycles. The highest BCUT2D eigenvalue weighted by Gasteiger charge is 2.09. The highest BCUT2D eigenvalue weighted by molar-refractivity contribution is 6.31. The summed E-state index contributed by atoms with van der Waals surface area (Å²) in [5, 5.41) is 6.96. The minimum absolute atomic E-state index is 0.000175. The highest BCUT2D eigenvalue weighted by atomic mass is 35.5. The van der Waals surface area contributed by atoms with Crippen LogP contribution in [-0.4, -0.2) is 22.9 Å². The van der Waals surface area contributed by atoms with Gasteiger partial charge in [-0.3, -0.25) is 4.79 Å². The molecule has 0 radical (unpaired) electrons. The van der Waals surface area contributed by atoms with Crippen LogP contribution in [0.4, 0.5) is 23.1 Å². The Morgan fingerprint density at radius 2 is 1.96 bits per heavy atom. The lowest BCUT2D eigenvalue weighted by molar-refractivity contribution is 0.101. The van der Waals surface area contributed by atoms with Crippen LogP contribution in [0.25, 0.3) is 0 Å². The van der Waals surface area contributed by atoms with E-state index in [1.54, 1.807) is 37.6 Å². The summed E-state index contributed by atoms with van der Waals surface area (Å²) in [7, 11) is 1.58. The molecule has 138 valence electrons. The summed E-state index contributed by atoms with van der Waals surface area (Å²) < 4.78 is 5.38. The van der Waals surface area contributed by atoms with Gasteiger partial charge in [0.1, 0.15) is 11.6 Å². The molecule has 0 aliphatic carbocycles. The van der Waals surface area contributed by atoms with Crippen molar-refractivity contribution >= 4 is 40.5 Å². The first kappa shape index (κ1) is 18.7. The van der Waals surface area contributed by atoms with E-state index in [0.717, 1.165) is 16.9 Å². The Labute approximate surface area is 162 Å². The largest absolute Gasteiger partial charge is 0.495 e. The zero-order valence-electron chi connectivity index (χ0n) is 15.2. The van der Waals surface area contributed by atoms with Crippen molar-refractivity contribution in [1.82, 2.24) is 9.97 Å². The number of ketones is 1. The Kier molecular flexibility index (Phi) is 5.57. The highest BCUT2D eigenvalue weighted by Crippen LogP contribution is 2.32. The third-order valence-corrected chi connectivity index (χ3v) is 4.33. The second-order valence-electron chi connectivity index (χ2n) is 5.95. The van der Waals surface area contributed by atoms with Gasteiger partial charge in [-0.25, -0.2) is 4.98 Å². The lowest BCUT2D eigenvalue weighted by Crippen LogP contribution is -2.02. The number of rotatable bonds is 6. The molecule has 6 nitrogen and oxygen atoms in total. The Hall–Kier alpha value is -3.12. The van der Waals surface area contributed by atoms with E-state index in [-0.39, 0.29) is 5.78 Å². The van der Waals surface area contributed by atoms with Gasteiger partial charge in [0.2, 0.25) is 5.95 Å². The molecule has 0 spiro atoms. The van der Waals surface area contributed by atoms with Crippen molar-refractivity contribution in [1.29, 1.82) is 0 Å². The molecule has 0 saturated carbocycles. The number of aromatic nitrogens is 2. The quantitative estimate of drug-likeness (QED) is 0.575. The fraction of sp³-hybridized carbons (Fsp3) is 0.150. The van der Waals surface area contributed by atoms with Crippen LogP contribution in [0.15, 0.2) is 48.7 Å². The van der Waals surface area contributed by atoms with E-state index < -0.39 is 0 Å². The van der Waals surface area contributed by atoms with Gasteiger partial charge in [-0.1, -0.05) is 23.7 Å². The summed E-state index contributed by atoms with van der Waals surface area (Å²) in [6.45, 7) is 3.45. The summed E-state index contributed by atoms with van der Waals surface area (Å²) >= 11 is 6.15. The molecule has 7 heteroatoms. The molecule has 0 aliphatic heterocycles. The number of nitrogens with one attached hydrogen (secondary N) is 2. The number of carbonyl (C=O) groups is 1. The second kappa shape index (κ2) is 8.05. The average molecular weight is 383 g/mol. The van der Waals surface area contributed by atoms with Gasteiger partial charge in [0, 0.05) is 28.5 Å². The van der Waals surface area contributed by atoms with Gasteiger partial charge in [0.25, 0.3) is 0 Å². The first-order chi connectivity index (χ1) is 13.0. The molecule has 27 heavy (non-hydrogen) atoms. The number of carbonyl (C=O) groups excluding carboxylic acids is 1. The number of hydrogen-bond acceptors (Lipinski definition) is 6. The predicted octanol–water partition coefficient (Wildman–Crippen LogP) is 5.14. The van der Waals surface area contributed by atoms with Crippen molar-refractivity contribution in [2.75, 3.05) is 17.7 Å². The van der Waals surface area contributed by atoms with Crippen molar-refractivity contribution in [3.8, 4) is 5.75 Å². The molecule has 1 aromatic heterocycles. The van der Waals surface area contributed by atoms with Gasteiger partial charge in [-0.05, 0) is 43.7 Å². The average Bonchev–Trinajstić information content (AvgIpc) is 2.65. The van der Waals surface area contributed by atoms with Crippen molar-refractivity contribution in [3.05, 3.63) is 64.8 Å². The lowest BCUT2D eigenvalue weighted by atomic mass is 10.1. The Morgan fingerprint density at radius 1 is 1.15 bits per heavy atom. The number of Topliss-reactive ketones (excluding diaryl/α,β-unsaturated/α-hetero) is 1. The van der Waals surface area contributed by atoms with Crippen LogP contribution in [0.1, 0.15) is 22.8 Å². The standard InChI is InChI=1S/C20H19ClN4O2/c1-12-9-17(18(27-3)11-16(12)21)24-19-7-8-22-20(25-19)23-15-6-4-5-14(10-15)13(2)26/h4-11H,1-3H3,(H2,22,23,24,25). The zero-order chi connectivity index (χ0) is 19.4. The Morgan fingerprint density at radius 3 is 2.70 bits per heavy atom. The van der Waals surface area contributed by atoms with Crippen molar-refractivity contribution in [3.63, 3.8) is 0 Å². The lowest BCUT2D eigenvalue weighted by Gasteiger charge is -2.13. The number of halogens is 1. The van der Waals surface area contributed by atoms with Gasteiger partial charge >= 0.3 is 0 Å². The maximum atomic E-state index is 11.5. The maximum Gasteiger partial charge on any atom is 0.229 e. The summed E-state index contributed by atoms with van der Waals surface area (Å²) in [4.78, 5) is 20.2. The predicted molar refractivity (Wildman–Crippen MR) is 108 cm³/mol. The molecule has 0 fully saturated rings. The third-order valence-electron chi connectivity index (χ3n) is 3.92. The van der Waals surface area contributed by atoms with Crippen molar-refractivity contribution in [2.24, 2.45) is 0 Å². The van der Waals surface area contributed by atoms with Gasteiger partial charge in [-0.2, -0.15) is 4.98 Å². The van der Waals surface area contributed by atoms with Gasteiger partial charge in [0.05, 0.1) is 12.8 Å². The fourth-order valence-electron chi connectivity index (χ4n) is 2.50. The van der Waals surface area contributed by atoms with Crippen LogP contribution in [0.5, 0.6) is 5.75 Å².